The van der Waals surface area contributed by atoms with Crippen LogP contribution in [-0.2, 0) is 4.79 Å². The number of aromatic nitrogens is 1. The van der Waals surface area contributed by atoms with E-state index in [1.165, 1.54) is 39.4 Å². The molecule has 0 atom stereocenters. The van der Waals surface area contributed by atoms with Gasteiger partial charge in [0, 0.05) is 19.4 Å². The van der Waals surface area contributed by atoms with Crippen LogP contribution in [0.1, 0.15) is 24.2 Å². The second-order valence-electron chi connectivity index (χ2n) is 4.08. The van der Waals surface area contributed by atoms with E-state index in [9.17, 15) is 9.59 Å². The van der Waals surface area contributed by atoms with Gasteiger partial charge in [0.15, 0.2) is 0 Å². The van der Waals surface area contributed by atoms with E-state index in [0.717, 1.165) is 4.90 Å². The van der Waals surface area contributed by atoms with Crippen molar-refractivity contribution in [2.24, 2.45) is 0 Å². The molecule has 6 heteroatoms. The van der Waals surface area contributed by atoms with Crippen molar-refractivity contribution >= 4 is 23.5 Å². The molecule has 1 aromatic rings. The van der Waals surface area contributed by atoms with Crippen molar-refractivity contribution in [3.05, 3.63) is 29.0 Å². The van der Waals surface area contributed by atoms with Crippen LogP contribution in [0.25, 0.3) is 0 Å². The Balaban J connectivity index is 3.07. The highest BCUT2D eigenvalue weighted by Gasteiger charge is 2.36. The number of nitrogens with zero attached hydrogens (tertiary/aromatic N) is 2. The van der Waals surface area contributed by atoms with E-state index in [0.29, 0.717) is 0 Å². The zero-order valence-electron chi connectivity index (χ0n) is 9.77. The fourth-order valence-electron chi connectivity index (χ4n) is 1.13. The van der Waals surface area contributed by atoms with Crippen molar-refractivity contribution in [1.29, 1.82) is 0 Å². The number of hydrogen-bond acceptors (Lipinski definition) is 3. The first-order valence-corrected chi connectivity index (χ1v) is 5.27. The first kappa shape index (κ1) is 13.4. The Morgan fingerprint density at radius 3 is 2.53 bits per heavy atom. The first-order valence-electron chi connectivity index (χ1n) is 4.89. The molecule has 92 valence electrons. The Hall–Kier alpha value is -1.62. The molecule has 1 heterocycles. The summed E-state index contributed by atoms with van der Waals surface area (Å²) in [6.45, 7) is 2.89. The summed E-state index contributed by atoms with van der Waals surface area (Å²) in [6.07, 6.45) is 2.77. The number of hydrogen-bond donors (Lipinski definition) is 1. The summed E-state index contributed by atoms with van der Waals surface area (Å²) in [4.78, 5) is 28.0. The number of carbonyl (C=O) groups is 2. The quantitative estimate of drug-likeness (QED) is 0.893. The predicted octanol–water partition coefficient (Wildman–Crippen LogP) is 1.67. The predicted molar refractivity (Wildman–Crippen MR) is 63.1 cm³/mol. The van der Waals surface area contributed by atoms with Crippen LogP contribution in [0.15, 0.2) is 18.5 Å². The van der Waals surface area contributed by atoms with E-state index >= 15 is 0 Å². The number of pyridine rings is 1. The molecule has 0 saturated heterocycles. The van der Waals surface area contributed by atoms with Crippen LogP contribution < -0.4 is 0 Å². The molecular formula is C11H13ClN2O3. The van der Waals surface area contributed by atoms with Crippen molar-refractivity contribution in [1.82, 2.24) is 9.88 Å². The summed E-state index contributed by atoms with van der Waals surface area (Å²) in [5.41, 5.74) is -1.07. The topological polar surface area (TPSA) is 70.5 Å². The second kappa shape index (κ2) is 4.71. The van der Waals surface area contributed by atoms with E-state index in [-0.39, 0.29) is 10.6 Å². The molecule has 17 heavy (non-hydrogen) atoms. The molecule has 0 aromatic carbocycles. The molecule has 0 fully saturated rings. The van der Waals surface area contributed by atoms with Gasteiger partial charge >= 0.3 is 5.97 Å². The molecule has 1 amide bonds. The normalized spacial score (nSPS) is 11.1. The van der Waals surface area contributed by atoms with Crippen molar-refractivity contribution < 1.29 is 14.7 Å². The molecule has 0 aliphatic heterocycles. The lowest BCUT2D eigenvalue weighted by molar-refractivity contribution is -0.147. The van der Waals surface area contributed by atoms with Crippen LogP contribution in [0.5, 0.6) is 0 Å². The summed E-state index contributed by atoms with van der Waals surface area (Å²) < 4.78 is 0. The van der Waals surface area contributed by atoms with Crippen LogP contribution >= 0.6 is 11.6 Å². The van der Waals surface area contributed by atoms with Gasteiger partial charge in [0.2, 0.25) is 0 Å². The average Bonchev–Trinajstić information content (AvgIpc) is 2.27. The molecule has 0 aliphatic rings. The van der Waals surface area contributed by atoms with E-state index in [1.54, 1.807) is 0 Å². The number of rotatable bonds is 3. The number of amides is 1. The molecule has 1 N–H and O–H groups in total. The van der Waals surface area contributed by atoms with Gasteiger partial charge in [-0.3, -0.25) is 9.78 Å². The van der Waals surface area contributed by atoms with Crippen LogP contribution in [0, 0.1) is 0 Å². The lowest BCUT2D eigenvalue weighted by Gasteiger charge is -2.31. The van der Waals surface area contributed by atoms with Crippen molar-refractivity contribution in [2.75, 3.05) is 7.05 Å². The van der Waals surface area contributed by atoms with Gasteiger partial charge in [-0.15, -0.1) is 0 Å². The molecule has 0 bridgehead atoms. The van der Waals surface area contributed by atoms with Gasteiger partial charge in [-0.05, 0) is 19.9 Å². The van der Waals surface area contributed by atoms with Gasteiger partial charge in [0.25, 0.3) is 5.91 Å². The molecule has 0 spiro atoms. The molecule has 5 nitrogen and oxygen atoms in total. The van der Waals surface area contributed by atoms with Crippen LogP contribution in [0.4, 0.5) is 0 Å². The van der Waals surface area contributed by atoms with Crippen LogP contribution in [0.3, 0.4) is 0 Å². The van der Waals surface area contributed by atoms with Gasteiger partial charge < -0.3 is 10.0 Å². The summed E-state index contributed by atoms with van der Waals surface area (Å²) in [6, 6.07) is 1.46. The third-order valence-corrected chi connectivity index (χ3v) is 2.97. The number of aliphatic carboxylic acids is 1. The van der Waals surface area contributed by atoms with Crippen molar-refractivity contribution in [2.45, 2.75) is 19.4 Å². The summed E-state index contributed by atoms with van der Waals surface area (Å²) >= 11 is 5.84. The number of halogens is 1. The smallest absolute Gasteiger partial charge is 0.329 e. The van der Waals surface area contributed by atoms with Gasteiger partial charge in [-0.25, -0.2) is 4.79 Å². The summed E-state index contributed by atoms with van der Waals surface area (Å²) in [5, 5.41) is 9.24. The van der Waals surface area contributed by atoms with E-state index in [4.69, 9.17) is 16.7 Å². The lowest BCUT2D eigenvalue weighted by Crippen LogP contribution is -2.50. The molecule has 0 radical (unpaired) electrons. The minimum absolute atomic E-state index is 0.200. The highest BCUT2D eigenvalue weighted by atomic mass is 35.5. The SMILES string of the molecule is CN(C(=O)c1ccncc1Cl)C(C)(C)C(=O)O. The lowest BCUT2D eigenvalue weighted by atomic mass is 10.0. The Kier molecular flexibility index (Phi) is 3.72. The van der Waals surface area contributed by atoms with Crippen LogP contribution in [0.2, 0.25) is 5.02 Å². The number of likely N-dealkylation sites (N-methyl/N-ethyl adjacent to an activating group) is 1. The monoisotopic (exact) mass is 256 g/mol. The van der Waals surface area contributed by atoms with Crippen molar-refractivity contribution in [3.63, 3.8) is 0 Å². The van der Waals surface area contributed by atoms with Gasteiger partial charge in [0.1, 0.15) is 5.54 Å². The largest absolute Gasteiger partial charge is 0.480 e. The number of carboxylic acids is 1. The summed E-state index contributed by atoms with van der Waals surface area (Å²) in [7, 11) is 1.42. The minimum atomic E-state index is -1.30. The Bertz CT molecular complexity index is 460. The Labute approximate surface area is 104 Å². The highest BCUT2D eigenvalue weighted by molar-refractivity contribution is 6.33. The van der Waals surface area contributed by atoms with Crippen LogP contribution in [-0.4, -0.2) is 39.5 Å². The minimum Gasteiger partial charge on any atom is -0.480 e. The maximum absolute atomic E-state index is 12.1. The maximum Gasteiger partial charge on any atom is 0.329 e. The van der Waals surface area contributed by atoms with Gasteiger partial charge in [0.05, 0.1) is 10.6 Å². The zero-order valence-corrected chi connectivity index (χ0v) is 10.5. The maximum atomic E-state index is 12.1. The third kappa shape index (κ3) is 2.55. The van der Waals surface area contributed by atoms with Gasteiger partial charge in [-0.1, -0.05) is 11.6 Å². The second-order valence-corrected chi connectivity index (χ2v) is 4.49. The Morgan fingerprint density at radius 1 is 1.47 bits per heavy atom. The number of carbonyl (C=O) groups excluding carboxylic acids is 1. The van der Waals surface area contributed by atoms with Gasteiger partial charge in [-0.2, -0.15) is 0 Å². The molecular weight excluding hydrogens is 244 g/mol. The molecule has 1 aromatic heterocycles. The van der Waals surface area contributed by atoms with E-state index in [1.807, 2.05) is 0 Å². The summed E-state index contributed by atoms with van der Waals surface area (Å²) in [5.74, 6) is -1.54. The standard InChI is InChI=1S/C11H13ClN2O3/c1-11(2,10(16)17)14(3)9(15)7-4-5-13-6-8(7)12/h4-6H,1-3H3,(H,16,17). The molecule has 0 saturated carbocycles. The molecule has 1 rings (SSSR count). The fraction of sp³-hybridized carbons (Fsp3) is 0.364. The molecule has 0 unspecified atom stereocenters. The first-order chi connectivity index (χ1) is 7.78. The fourth-order valence-corrected chi connectivity index (χ4v) is 1.33. The zero-order chi connectivity index (χ0) is 13.2. The average molecular weight is 257 g/mol. The number of carboxylic acid groups (broad SMARTS) is 1. The van der Waals surface area contributed by atoms with E-state index < -0.39 is 17.4 Å². The Morgan fingerprint density at radius 2 is 2.06 bits per heavy atom. The molecule has 0 aliphatic carbocycles. The van der Waals surface area contributed by atoms with E-state index in [2.05, 4.69) is 4.98 Å². The van der Waals surface area contributed by atoms with Crippen molar-refractivity contribution in [3.8, 4) is 0 Å². The highest BCUT2D eigenvalue weighted by Crippen LogP contribution is 2.20. The third-order valence-electron chi connectivity index (χ3n) is 2.67.